The Bertz CT molecular complexity index is 953. The van der Waals surface area contributed by atoms with Crippen LogP contribution in [0.25, 0.3) is 0 Å². The van der Waals surface area contributed by atoms with Crippen LogP contribution in [0.1, 0.15) is 24.8 Å². The Morgan fingerprint density at radius 2 is 2.00 bits per heavy atom. The molecule has 3 rings (SSSR count). The summed E-state index contributed by atoms with van der Waals surface area (Å²) in [5, 5.41) is 15.2. The van der Waals surface area contributed by atoms with E-state index in [-0.39, 0.29) is 0 Å². The predicted molar refractivity (Wildman–Crippen MR) is 120 cm³/mol. The SMILES string of the molecule is N#CCc1ccc(Nc2nc(N=C(N)/C=C(\N)C3CC3)cc(NCCCN)n2)cc1. The lowest BCUT2D eigenvalue weighted by Crippen LogP contribution is -2.13. The van der Waals surface area contributed by atoms with Gasteiger partial charge in [-0.1, -0.05) is 12.1 Å². The van der Waals surface area contributed by atoms with Crippen LogP contribution in [0.3, 0.4) is 0 Å². The molecule has 0 amide bonds. The van der Waals surface area contributed by atoms with Crippen molar-refractivity contribution in [2.45, 2.75) is 25.7 Å². The molecular weight excluding hydrogens is 378 g/mol. The molecule has 1 aliphatic carbocycles. The van der Waals surface area contributed by atoms with E-state index in [0.717, 1.165) is 36.2 Å². The van der Waals surface area contributed by atoms with Gasteiger partial charge in [0, 0.05) is 24.0 Å². The molecule has 2 aromatic rings. The first kappa shape index (κ1) is 21.1. The first-order valence-electron chi connectivity index (χ1n) is 9.94. The van der Waals surface area contributed by atoms with Gasteiger partial charge in [0.25, 0.3) is 0 Å². The van der Waals surface area contributed by atoms with E-state index in [9.17, 15) is 0 Å². The van der Waals surface area contributed by atoms with E-state index in [1.165, 1.54) is 0 Å². The minimum absolute atomic E-state index is 0.304. The van der Waals surface area contributed by atoms with Crippen LogP contribution in [-0.2, 0) is 6.42 Å². The Hall–Kier alpha value is -3.64. The summed E-state index contributed by atoms with van der Waals surface area (Å²) in [5.74, 6) is 2.14. The molecule has 1 heterocycles. The monoisotopic (exact) mass is 405 g/mol. The van der Waals surface area contributed by atoms with Crippen molar-refractivity contribution in [2.75, 3.05) is 23.7 Å². The van der Waals surface area contributed by atoms with Crippen molar-refractivity contribution in [3.63, 3.8) is 0 Å². The van der Waals surface area contributed by atoms with E-state index < -0.39 is 0 Å². The zero-order chi connectivity index (χ0) is 21.3. The third-order valence-corrected chi connectivity index (χ3v) is 4.50. The molecule has 0 atom stereocenters. The predicted octanol–water partition coefficient (Wildman–Crippen LogP) is 2.29. The third-order valence-electron chi connectivity index (χ3n) is 4.50. The highest BCUT2D eigenvalue weighted by Crippen LogP contribution is 2.33. The standard InChI is InChI=1S/C21H27N9/c22-9-1-11-26-19-13-20(28-18(25)12-17(24)15-4-5-15)30-21(29-19)27-16-6-2-14(3-7-16)8-10-23/h2-3,6-7,12-13,15H,1,4-5,8-9,11,22,24H2,(H4,25,26,27,28,29,30)/b17-12-. The van der Waals surface area contributed by atoms with Gasteiger partial charge in [-0.15, -0.1) is 0 Å². The molecule has 1 saturated carbocycles. The van der Waals surface area contributed by atoms with Crippen molar-refractivity contribution in [3.05, 3.63) is 47.7 Å². The summed E-state index contributed by atoms with van der Waals surface area (Å²) < 4.78 is 0. The van der Waals surface area contributed by atoms with Gasteiger partial charge in [-0.3, -0.25) is 0 Å². The zero-order valence-electron chi connectivity index (χ0n) is 16.8. The number of nitrogens with two attached hydrogens (primary N) is 3. The van der Waals surface area contributed by atoms with Crippen molar-refractivity contribution in [1.29, 1.82) is 5.26 Å². The zero-order valence-corrected chi connectivity index (χ0v) is 16.8. The number of hydrogen-bond acceptors (Lipinski definition) is 8. The number of nitrogens with zero attached hydrogens (tertiary/aromatic N) is 4. The first-order valence-corrected chi connectivity index (χ1v) is 9.94. The molecule has 8 N–H and O–H groups in total. The molecular formula is C21H27N9. The molecule has 9 heteroatoms. The van der Waals surface area contributed by atoms with Gasteiger partial charge < -0.3 is 27.8 Å². The van der Waals surface area contributed by atoms with Crippen LogP contribution in [0.4, 0.5) is 23.3 Å². The van der Waals surface area contributed by atoms with Crippen LogP contribution in [0.15, 0.2) is 47.1 Å². The minimum Gasteiger partial charge on any atom is -0.402 e. The number of allylic oxidation sites excluding steroid dienone is 1. The van der Waals surface area contributed by atoms with Gasteiger partial charge in [0.15, 0.2) is 5.82 Å². The molecule has 1 aliphatic rings. The summed E-state index contributed by atoms with van der Waals surface area (Å²) in [6.07, 6.45) is 5.07. The van der Waals surface area contributed by atoms with Crippen LogP contribution < -0.4 is 27.8 Å². The summed E-state index contributed by atoms with van der Waals surface area (Å²) in [6, 6.07) is 11.4. The van der Waals surface area contributed by atoms with Crippen molar-refractivity contribution < 1.29 is 0 Å². The largest absolute Gasteiger partial charge is 0.402 e. The highest BCUT2D eigenvalue weighted by molar-refractivity contribution is 5.93. The van der Waals surface area contributed by atoms with Crippen LogP contribution >= 0.6 is 0 Å². The lowest BCUT2D eigenvalue weighted by molar-refractivity contribution is 0.869. The summed E-state index contributed by atoms with van der Waals surface area (Å²) in [5.41, 5.74) is 20.1. The second kappa shape index (κ2) is 10.2. The van der Waals surface area contributed by atoms with Crippen molar-refractivity contribution in [1.82, 2.24) is 9.97 Å². The molecule has 1 aromatic heterocycles. The maximum absolute atomic E-state index is 8.80. The average Bonchev–Trinajstić information content (AvgIpc) is 3.55. The van der Waals surface area contributed by atoms with E-state index in [4.69, 9.17) is 22.5 Å². The Labute approximate surface area is 176 Å². The van der Waals surface area contributed by atoms with Gasteiger partial charge >= 0.3 is 0 Å². The van der Waals surface area contributed by atoms with E-state index in [2.05, 4.69) is 31.7 Å². The minimum atomic E-state index is 0.304. The number of aliphatic imine (C=N–C) groups is 1. The Kier molecular flexibility index (Phi) is 7.19. The Morgan fingerprint density at radius 3 is 2.67 bits per heavy atom. The van der Waals surface area contributed by atoms with Crippen molar-refractivity contribution >= 4 is 29.1 Å². The quantitative estimate of drug-likeness (QED) is 0.228. The number of nitrogens with one attached hydrogen (secondary N) is 2. The first-order chi connectivity index (χ1) is 14.6. The van der Waals surface area contributed by atoms with Crippen LogP contribution in [0.5, 0.6) is 0 Å². The number of rotatable bonds is 10. The molecule has 1 aromatic carbocycles. The molecule has 0 unspecified atom stereocenters. The van der Waals surface area contributed by atoms with Crippen molar-refractivity contribution in [3.8, 4) is 6.07 Å². The van der Waals surface area contributed by atoms with Crippen LogP contribution in [0.2, 0.25) is 0 Å². The maximum atomic E-state index is 8.80. The van der Waals surface area contributed by atoms with E-state index in [1.54, 1.807) is 12.1 Å². The van der Waals surface area contributed by atoms with E-state index in [0.29, 0.717) is 48.8 Å². The molecule has 1 fully saturated rings. The number of amidine groups is 1. The van der Waals surface area contributed by atoms with Crippen molar-refractivity contribution in [2.24, 2.45) is 28.1 Å². The fraction of sp³-hybridized carbons (Fsp3) is 0.333. The van der Waals surface area contributed by atoms with E-state index in [1.807, 2.05) is 24.3 Å². The topological polar surface area (TPSA) is 164 Å². The second-order valence-corrected chi connectivity index (χ2v) is 7.12. The van der Waals surface area contributed by atoms with E-state index >= 15 is 0 Å². The summed E-state index contributed by atoms with van der Waals surface area (Å²) in [4.78, 5) is 13.3. The summed E-state index contributed by atoms with van der Waals surface area (Å²) in [7, 11) is 0. The average molecular weight is 406 g/mol. The number of aromatic nitrogens is 2. The lowest BCUT2D eigenvalue weighted by atomic mass is 10.1. The lowest BCUT2D eigenvalue weighted by Gasteiger charge is -2.10. The Balaban J connectivity index is 1.81. The molecule has 0 aliphatic heterocycles. The molecule has 30 heavy (non-hydrogen) atoms. The molecule has 0 bridgehead atoms. The second-order valence-electron chi connectivity index (χ2n) is 7.12. The van der Waals surface area contributed by atoms with Gasteiger partial charge in [0.2, 0.25) is 5.95 Å². The van der Waals surface area contributed by atoms with Gasteiger partial charge in [-0.05, 0) is 55.5 Å². The number of anilines is 3. The highest BCUT2D eigenvalue weighted by atomic mass is 15.2. The third kappa shape index (κ3) is 6.46. The summed E-state index contributed by atoms with van der Waals surface area (Å²) >= 11 is 0. The van der Waals surface area contributed by atoms with Gasteiger partial charge in [0.1, 0.15) is 11.7 Å². The van der Waals surface area contributed by atoms with Crippen LogP contribution in [0, 0.1) is 17.2 Å². The smallest absolute Gasteiger partial charge is 0.231 e. The Morgan fingerprint density at radius 1 is 1.23 bits per heavy atom. The highest BCUT2D eigenvalue weighted by Gasteiger charge is 2.23. The fourth-order valence-corrected chi connectivity index (χ4v) is 2.75. The number of hydrogen-bond donors (Lipinski definition) is 5. The van der Waals surface area contributed by atoms with Gasteiger partial charge in [-0.2, -0.15) is 15.2 Å². The fourth-order valence-electron chi connectivity index (χ4n) is 2.75. The molecule has 9 nitrogen and oxygen atoms in total. The molecule has 156 valence electrons. The molecule has 0 spiro atoms. The summed E-state index contributed by atoms with van der Waals surface area (Å²) in [6.45, 7) is 1.27. The maximum Gasteiger partial charge on any atom is 0.231 e. The number of benzene rings is 1. The molecule has 0 radical (unpaired) electrons. The van der Waals surface area contributed by atoms with Gasteiger partial charge in [0.05, 0.1) is 12.5 Å². The van der Waals surface area contributed by atoms with Crippen LogP contribution in [-0.4, -0.2) is 28.9 Å². The normalized spacial score (nSPS) is 14.3. The number of nitriles is 1. The molecule has 0 saturated heterocycles. The van der Waals surface area contributed by atoms with Gasteiger partial charge in [-0.25, -0.2) is 4.99 Å².